The van der Waals surface area contributed by atoms with Crippen LogP contribution in [0.15, 0.2) is 75.7 Å². The Kier molecular flexibility index (Phi) is 6.52. The summed E-state index contributed by atoms with van der Waals surface area (Å²) in [6.45, 7) is 3.71. The number of rotatable bonds is 6. The molecule has 2 heterocycles. The summed E-state index contributed by atoms with van der Waals surface area (Å²) in [4.78, 5) is 31.4. The van der Waals surface area contributed by atoms with Crippen LogP contribution < -0.4 is 19.6 Å². The Bertz CT molecular complexity index is 1430. The monoisotopic (exact) mass is 459 g/mol. The second-order valence-electron chi connectivity index (χ2n) is 7.23. The lowest BCUT2D eigenvalue weighted by Gasteiger charge is -2.24. The number of nitrogens with zero attached hydrogens (tertiary/aromatic N) is 3. The van der Waals surface area contributed by atoms with Crippen molar-refractivity contribution in [1.29, 1.82) is 5.26 Å². The fourth-order valence-electron chi connectivity index (χ4n) is 3.67. The van der Waals surface area contributed by atoms with Crippen molar-refractivity contribution >= 4 is 23.4 Å². The van der Waals surface area contributed by atoms with Gasteiger partial charge in [0.1, 0.15) is 11.8 Å². The molecule has 166 valence electrons. The second-order valence-corrected chi connectivity index (χ2v) is 8.24. The number of aromatic nitrogens is 1. The molecule has 1 aliphatic heterocycles. The molecule has 1 unspecified atom stereocenters. The molecule has 0 spiro atoms. The molecule has 0 aliphatic carbocycles. The number of carbonyl (C=O) groups excluding carboxylic acids is 1. The quantitative estimate of drug-likeness (QED) is 0.529. The summed E-state index contributed by atoms with van der Waals surface area (Å²) in [5.41, 5.74) is 2.28. The number of hydrogen-bond donors (Lipinski definition) is 0. The number of carbonyl (C=O) groups is 1. The standard InChI is InChI=1S/C25H21N3O4S/c1-3-31-24(30)21-16(2)27-25-28(22(21)18-7-5-4-6-8-18)23(29)20(33-25)15-17-9-11-19(12-10-17)32-14-13-26/h4-12,15,22H,3,14H2,1-2H3. The van der Waals surface area contributed by atoms with E-state index < -0.39 is 12.0 Å². The average Bonchev–Trinajstić information content (AvgIpc) is 3.12. The first kappa shape index (κ1) is 22.2. The van der Waals surface area contributed by atoms with Gasteiger partial charge in [0.15, 0.2) is 11.4 Å². The Morgan fingerprint density at radius 2 is 1.94 bits per heavy atom. The number of benzene rings is 2. The van der Waals surface area contributed by atoms with Gasteiger partial charge in [-0.3, -0.25) is 9.36 Å². The van der Waals surface area contributed by atoms with Crippen molar-refractivity contribution in [3.8, 4) is 11.8 Å². The normalized spacial score (nSPS) is 15.4. The molecule has 0 saturated carbocycles. The molecule has 8 heteroatoms. The number of allylic oxidation sites excluding steroid dienone is 1. The van der Waals surface area contributed by atoms with Crippen LogP contribution in [0.2, 0.25) is 0 Å². The average molecular weight is 460 g/mol. The fourth-order valence-corrected chi connectivity index (χ4v) is 4.72. The molecule has 0 saturated heterocycles. The van der Waals surface area contributed by atoms with Gasteiger partial charge in [0.2, 0.25) is 0 Å². The Balaban J connectivity index is 1.84. The van der Waals surface area contributed by atoms with E-state index in [1.165, 1.54) is 11.3 Å². The van der Waals surface area contributed by atoms with Gasteiger partial charge < -0.3 is 9.47 Å². The molecular formula is C25H21N3O4S. The number of esters is 1. The third-order valence-electron chi connectivity index (χ3n) is 5.11. The maximum absolute atomic E-state index is 13.5. The fraction of sp³-hybridized carbons (Fsp3) is 0.200. The molecule has 0 N–H and O–H groups in total. The first-order valence-electron chi connectivity index (χ1n) is 10.4. The van der Waals surface area contributed by atoms with Crippen LogP contribution in [-0.4, -0.2) is 23.8 Å². The minimum atomic E-state index is -0.620. The highest BCUT2D eigenvalue weighted by molar-refractivity contribution is 7.07. The van der Waals surface area contributed by atoms with Crippen molar-refractivity contribution in [3.63, 3.8) is 0 Å². The summed E-state index contributed by atoms with van der Waals surface area (Å²) >= 11 is 1.27. The number of nitriles is 1. The van der Waals surface area contributed by atoms with Crippen molar-refractivity contribution in [2.45, 2.75) is 19.9 Å². The second kappa shape index (κ2) is 9.67. The molecule has 0 amide bonds. The molecule has 4 rings (SSSR count). The van der Waals surface area contributed by atoms with Gasteiger partial charge in [-0.05, 0) is 43.2 Å². The first-order valence-corrected chi connectivity index (χ1v) is 11.2. The van der Waals surface area contributed by atoms with E-state index in [-0.39, 0.29) is 18.8 Å². The smallest absolute Gasteiger partial charge is 0.338 e. The Hall–Kier alpha value is -3.96. The van der Waals surface area contributed by atoms with Gasteiger partial charge in [0.05, 0.1) is 28.5 Å². The van der Waals surface area contributed by atoms with E-state index >= 15 is 0 Å². The molecule has 7 nitrogen and oxygen atoms in total. The van der Waals surface area contributed by atoms with E-state index in [1.807, 2.05) is 48.5 Å². The van der Waals surface area contributed by atoms with Crippen LogP contribution in [0.5, 0.6) is 5.75 Å². The van der Waals surface area contributed by atoms with Crippen LogP contribution >= 0.6 is 11.3 Å². The van der Waals surface area contributed by atoms with Crippen molar-refractivity contribution < 1.29 is 14.3 Å². The summed E-state index contributed by atoms with van der Waals surface area (Å²) in [5, 5.41) is 8.63. The van der Waals surface area contributed by atoms with E-state index in [0.29, 0.717) is 26.4 Å². The molecule has 0 fully saturated rings. The molecule has 0 radical (unpaired) electrons. The molecule has 0 bridgehead atoms. The van der Waals surface area contributed by atoms with Gasteiger partial charge in [0.25, 0.3) is 5.56 Å². The molecular weight excluding hydrogens is 438 g/mol. The molecule has 33 heavy (non-hydrogen) atoms. The van der Waals surface area contributed by atoms with Gasteiger partial charge in [-0.2, -0.15) is 5.26 Å². The number of hydrogen-bond acceptors (Lipinski definition) is 7. The zero-order valence-electron chi connectivity index (χ0n) is 18.1. The topological polar surface area (TPSA) is 93.7 Å². The third-order valence-corrected chi connectivity index (χ3v) is 6.10. The van der Waals surface area contributed by atoms with Crippen LogP contribution in [0.4, 0.5) is 0 Å². The summed E-state index contributed by atoms with van der Waals surface area (Å²) in [7, 11) is 0. The minimum absolute atomic E-state index is 0.0282. The Morgan fingerprint density at radius 3 is 2.61 bits per heavy atom. The molecule has 1 aliphatic rings. The zero-order valence-corrected chi connectivity index (χ0v) is 19.0. The highest BCUT2D eigenvalue weighted by Gasteiger charge is 2.33. The minimum Gasteiger partial charge on any atom is -0.479 e. The predicted octanol–water partition coefficient (Wildman–Crippen LogP) is 2.70. The lowest BCUT2D eigenvalue weighted by Crippen LogP contribution is -2.39. The lowest BCUT2D eigenvalue weighted by atomic mass is 9.96. The van der Waals surface area contributed by atoms with Gasteiger partial charge in [-0.1, -0.05) is 53.8 Å². The molecule has 2 aromatic carbocycles. The van der Waals surface area contributed by atoms with Gasteiger partial charge >= 0.3 is 5.97 Å². The Morgan fingerprint density at radius 1 is 1.21 bits per heavy atom. The van der Waals surface area contributed by atoms with Crippen molar-refractivity contribution in [2.75, 3.05) is 13.2 Å². The van der Waals surface area contributed by atoms with Crippen molar-refractivity contribution in [3.05, 3.63) is 96.7 Å². The maximum Gasteiger partial charge on any atom is 0.338 e. The van der Waals surface area contributed by atoms with Gasteiger partial charge in [0, 0.05) is 0 Å². The summed E-state index contributed by atoms with van der Waals surface area (Å²) < 4.78 is 12.6. The van der Waals surface area contributed by atoms with Crippen LogP contribution in [0.1, 0.15) is 31.0 Å². The lowest BCUT2D eigenvalue weighted by molar-refractivity contribution is -0.139. The summed E-state index contributed by atoms with van der Waals surface area (Å²) in [5.74, 6) is 0.101. The molecule has 1 aromatic heterocycles. The SMILES string of the molecule is CCOC(=O)C1=C(C)N=c2sc(=Cc3ccc(OCC#N)cc3)c(=O)n2C1c1ccccc1. The van der Waals surface area contributed by atoms with Crippen LogP contribution in [0.3, 0.4) is 0 Å². The van der Waals surface area contributed by atoms with Crippen molar-refractivity contribution in [2.24, 2.45) is 4.99 Å². The maximum atomic E-state index is 13.5. The number of fused-ring (bicyclic) bond motifs is 1. The molecule has 3 aromatic rings. The predicted molar refractivity (Wildman–Crippen MR) is 124 cm³/mol. The Labute approximate surface area is 194 Å². The summed E-state index contributed by atoms with van der Waals surface area (Å²) in [6, 6.07) is 17.8. The van der Waals surface area contributed by atoms with Crippen LogP contribution in [0.25, 0.3) is 6.08 Å². The highest BCUT2D eigenvalue weighted by atomic mass is 32.1. The van der Waals surface area contributed by atoms with Crippen LogP contribution in [0, 0.1) is 11.3 Å². The first-order chi connectivity index (χ1) is 16.0. The summed E-state index contributed by atoms with van der Waals surface area (Å²) in [6.07, 6.45) is 1.78. The number of ether oxygens (including phenoxy) is 2. The van der Waals surface area contributed by atoms with E-state index in [0.717, 1.165) is 11.1 Å². The van der Waals surface area contributed by atoms with E-state index in [2.05, 4.69) is 4.99 Å². The van der Waals surface area contributed by atoms with Gasteiger partial charge in [-0.15, -0.1) is 0 Å². The van der Waals surface area contributed by atoms with E-state index in [9.17, 15) is 9.59 Å². The molecule has 1 atom stereocenters. The van der Waals surface area contributed by atoms with E-state index in [4.69, 9.17) is 14.7 Å². The number of thiazole rings is 1. The highest BCUT2D eigenvalue weighted by Crippen LogP contribution is 2.30. The van der Waals surface area contributed by atoms with Crippen molar-refractivity contribution in [1.82, 2.24) is 4.57 Å². The van der Waals surface area contributed by atoms with E-state index in [1.54, 1.807) is 36.6 Å². The van der Waals surface area contributed by atoms with Gasteiger partial charge in [-0.25, -0.2) is 9.79 Å². The van der Waals surface area contributed by atoms with Crippen LogP contribution in [-0.2, 0) is 9.53 Å². The zero-order chi connectivity index (χ0) is 23.4. The third kappa shape index (κ3) is 4.49. The largest absolute Gasteiger partial charge is 0.479 e.